The van der Waals surface area contributed by atoms with Gasteiger partial charge in [0.1, 0.15) is 5.54 Å². The summed E-state index contributed by atoms with van der Waals surface area (Å²) in [5.74, 6) is -0.350. The molecule has 0 aromatic heterocycles. The fourth-order valence-electron chi connectivity index (χ4n) is 2.52. The Labute approximate surface area is 147 Å². The van der Waals surface area contributed by atoms with Crippen molar-refractivity contribution >= 4 is 30.1 Å². The Hall–Kier alpha value is -1.55. The molecule has 2 aliphatic rings. The third-order valence-electron chi connectivity index (χ3n) is 5.08. The first kappa shape index (κ1) is 17.3. The quantitative estimate of drug-likeness (QED) is 0.853. The first-order valence-electron chi connectivity index (χ1n) is 7.98. The molecule has 1 heterocycles. The first-order valence-corrected chi connectivity index (χ1v) is 8.36. The second-order valence-corrected chi connectivity index (χ2v) is 7.88. The fourth-order valence-corrected chi connectivity index (χ4v) is 2.72. The molecule has 0 radical (unpaired) electrons. The van der Waals surface area contributed by atoms with Gasteiger partial charge in [-0.15, -0.1) is 0 Å². The fraction of sp³-hybridized carbons (Fsp3) is 0.529. The molecule has 0 unspecified atom stereocenters. The van der Waals surface area contributed by atoms with Crippen molar-refractivity contribution in [3.8, 4) is 6.07 Å². The number of hydrogen-bond acceptors (Lipinski definition) is 4. The minimum absolute atomic E-state index is 0.324. The third-order valence-corrected chi connectivity index (χ3v) is 5.41. The van der Waals surface area contributed by atoms with Crippen molar-refractivity contribution in [1.29, 1.82) is 5.26 Å². The van der Waals surface area contributed by atoms with Crippen LogP contribution in [0.25, 0.3) is 0 Å². The maximum atomic E-state index is 12.5. The van der Waals surface area contributed by atoms with E-state index >= 15 is 0 Å². The van der Waals surface area contributed by atoms with Crippen LogP contribution in [0, 0.1) is 11.3 Å². The monoisotopic (exact) mass is 346 g/mol. The van der Waals surface area contributed by atoms with E-state index in [2.05, 4.69) is 11.4 Å². The van der Waals surface area contributed by atoms with Gasteiger partial charge >= 0.3 is 7.12 Å². The van der Waals surface area contributed by atoms with E-state index in [9.17, 15) is 4.79 Å². The molecule has 2 fully saturated rings. The number of nitrogens with zero attached hydrogens (tertiary/aromatic N) is 1. The van der Waals surface area contributed by atoms with Crippen LogP contribution in [0.3, 0.4) is 0 Å². The zero-order valence-electron chi connectivity index (χ0n) is 14.3. The van der Waals surface area contributed by atoms with Crippen molar-refractivity contribution in [2.45, 2.75) is 57.3 Å². The number of nitriles is 1. The van der Waals surface area contributed by atoms with Crippen molar-refractivity contribution in [2.24, 2.45) is 0 Å². The Morgan fingerprint density at radius 3 is 2.33 bits per heavy atom. The number of amides is 1. The molecule has 1 saturated heterocycles. The minimum atomic E-state index is -0.735. The summed E-state index contributed by atoms with van der Waals surface area (Å²) in [5.41, 5.74) is -0.603. The van der Waals surface area contributed by atoms with E-state index in [4.69, 9.17) is 26.2 Å². The van der Waals surface area contributed by atoms with Crippen LogP contribution in [0.1, 0.15) is 50.9 Å². The summed E-state index contributed by atoms with van der Waals surface area (Å²) in [4.78, 5) is 12.5. The van der Waals surface area contributed by atoms with Gasteiger partial charge < -0.3 is 14.6 Å². The Kier molecular flexibility index (Phi) is 3.95. The van der Waals surface area contributed by atoms with Gasteiger partial charge in [-0.05, 0) is 58.1 Å². The summed E-state index contributed by atoms with van der Waals surface area (Å²) in [6.07, 6.45) is 1.34. The highest BCUT2D eigenvalue weighted by atomic mass is 35.5. The van der Waals surface area contributed by atoms with E-state index in [0.717, 1.165) is 5.46 Å². The second kappa shape index (κ2) is 5.49. The molecule has 1 amide bonds. The molecule has 1 aromatic carbocycles. The van der Waals surface area contributed by atoms with Crippen LogP contribution >= 0.6 is 11.6 Å². The first-order chi connectivity index (χ1) is 11.1. The summed E-state index contributed by atoms with van der Waals surface area (Å²) in [6, 6.07) is 7.26. The Morgan fingerprint density at radius 2 is 1.83 bits per heavy atom. The molecule has 0 atom stereocenters. The zero-order valence-corrected chi connectivity index (χ0v) is 15.0. The van der Waals surface area contributed by atoms with Crippen molar-refractivity contribution in [3.05, 3.63) is 28.8 Å². The minimum Gasteiger partial charge on any atom is -0.399 e. The van der Waals surface area contributed by atoms with E-state index in [1.54, 1.807) is 18.2 Å². The van der Waals surface area contributed by atoms with Crippen molar-refractivity contribution < 1.29 is 14.1 Å². The standard InChI is InChI=1S/C17H20BClN2O3/c1-15(2)16(3,4)24-18(23-15)11-5-6-13(19)12(9-11)14(22)21-17(10-20)7-8-17/h5-6,9H,7-8H2,1-4H3,(H,21,22). The normalized spacial score (nSPS) is 22.8. The summed E-state index contributed by atoms with van der Waals surface area (Å²) >= 11 is 6.18. The van der Waals surface area contributed by atoms with Crippen LogP contribution in [-0.2, 0) is 9.31 Å². The number of carbonyl (C=O) groups excluding carboxylic acids is 1. The number of nitrogens with one attached hydrogen (secondary N) is 1. The lowest BCUT2D eigenvalue weighted by atomic mass is 9.78. The van der Waals surface area contributed by atoms with E-state index in [0.29, 0.717) is 23.4 Å². The smallest absolute Gasteiger partial charge is 0.399 e. The lowest BCUT2D eigenvalue weighted by Crippen LogP contribution is -2.41. The SMILES string of the molecule is CC1(C)OB(c2ccc(Cl)c(C(=O)NC3(C#N)CC3)c2)OC1(C)C. The van der Waals surface area contributed by atoms with Crippen LogP contribution < -0.4 is 10.8 Å². The highest BCUT2D eigenvalue weighted by molar-refractivity contribution is 6.62. The number of benzene rings is 1. The van der Waals surface area contributed by atoms with Gasteiger partial charge in [0.2, 0.25) is 0 Å². The molecule has 1 N–H and O–H groups in total. The predicted octanol–water partition coefficient (Wildman–Crippen LogP) is 2.43. The number of rotatable bonds is 3. The molecule has 0 bridgehead atoms. The van der Waals surface area contributed by atoms with Gasteiger partial charge in [0.25, 0.3) is 5.91 Å². The van der Waals surface area contributed by atoms with Gasteiger partial charge in [-0.3, -0.25) is 4.79 Å². The number of halogens is 1. The second-order valence-electron chi connectivity index (χ2n) is 7.48. The van der Waals surface area contributed by atoms with Gasteiger partial charge in [-0.2, -0.15) is 5.26 Å². The maximum absolute atomic E-state index is 12.5. The van der Waals surface area contributed by atoms with Gasteiger partial charge in [-0.25, -0.2) is 0 Å². The molecule has 1 aliphatic heterocycles. The predicted molar refractivity (Wildman–Crippen MR) is 92.2 cm³/mol. The van der Waals surface area contributed by atoms with E-state index in [1.165, 1.54) is 0 Å². The average molecular weight is 347 g/mol. The summed E-state index contributed by atoms with van der Waals surface area (Å²) in [7, 11) is -0.565. The topological polar surface area (TPSA) is 71.3 Å². The summed E-state index contributed by atoms with van der Waals surface area (Å²) < 4.78 is 12.0. The molecule has 5 nitrogen and oxygen atoms in total. The Balaban J connectivity index is 1.85. The molecule has 126 valence electrons. The lowest BCUT2D eigenvalue weighted by Gasteiger charge is -2.32. The molecular weight excluding hydrogens is 326 g/mol. The lowest BCUT2D eigenvalue weighted by molar-refractivity contribution is 0.00578. The van der Waals surface area contributed by atoms with Crippen molar-refractivity contribution in [2.75, 3.05) is 0 Å². The van der Waals surface area contributed by atoms with E-state index < -0.39 is 23.9 Å². The molecule has 1 saturated carbocycles. The number of carbonyl (C=O) groups is 1. The van der Waals surface area contributed by atoms with Crippen LogP contribution in [0.5, 0.6) is 0 Å². The molecule has 3 rings (SSSR count). The highest BCUT2D eigenvalue weighted by Crippen LogP contribution is 2.37. The molecule has 7 heteroatoms. The Morgan fingerprint density at radius 1 is 1.25 bits per heavy atom. The maximum Gasteiger partial charge on any atom is 0.494 e. The van der Waals surface area contributed by atoms with Crippen LogP contribution in [0.15, 0.2) is 18.2 Å². The molecular formula is C17H20BClN2O3. The molecule has 1 aromatic rings. The Bertz CT molecular complexity index is 722. The van der Waals surface area contributed by atoms with Crippen LogP contribution in [0.2, 0.25) is 5.02 Å². The highest BCUT2D eigenvalue weighted by Gasteiger charge is 2.52. The van der Waals surface area contributed by atoms with E-state index in [-0.39, 0.29) is 5.91 Å². The third kappa shape index (κ3) is 2.92. The van der Waals surface area contributed by atoms with Crippen LogP contribution in [0.4, 0.5) is 0 Å². The zero-order chi connectivity index (χ0) is 17.8. The van der Waals surface area contributed by atoms with Gasteiger partial charge in [0.15, 0.2) is 0 Å². The molecule has 1 aliphatic carbocycles. The van der Waals surface area contributed by atoms with Crippen LogP contribution in [-0.4, -0.2) is 29.8 Å². The largest absolute Gasteiger partial charge is 0.494 e. The molecule has 0 spiro atoms. The van der Waals surface area contributed by atoms with Crippen molar-refractivity contribution in [3.63, 3.8) is 0 Å². The van der Waals surface area contributed by atoms with Gasteiger partial charge in [0.05, 0.1) is 27.9 Å². The van der Waals surface area contributed by atoms with Gasteiger partial charge in [0, 0.05) is 0 Å². The van der Waals surface area contributed by atoms with Crippen molar-refractivity contribution in [1.82, 2.24) is 5.32 Å². The molecule has 24 heavy (non-hydrogen) atoms. The summed E-state index contributed by atoms with van der Waals surface area (Å²) in [5, 5.41) is 12.2. The summed E-state index contributed by atoms with van der Waals surface area (Å²) in [6.45, 7) is 7.89. The average Bonchev–Trinajstić information content (AvgIpc) is 3.21. The van der Waals surface area contributed by atoms with E-state index in [1.807, 2.05) is 27.7 Å². The van der Waals surface area contributed by atoms with Gasteiger partial charge in [-0.1, -0.05) is 17.7 Å². The number of hydrogen-bond donors (Lipinski definition) is 1.